The summed E-state index contributed by atoms with van der Waals surface area (Å²) in [6.07, 6.45) is 0.491. The van der Waals surface area contributed by atoms with E-state index in [1.165, 1.54) is 0 Å². The van der Waals surface area contributed by atoms with Crippen LogP contribution in [-0.2, 0) is 9.59 Å². The zero-order valence-corrected chi connectivity index (χ0v) is 5.99. The SMILES string of the molecule is N[C@@H](CCCC(=O)O)[13C](=O)O. The minimum atomic E-state index is -1.09. The molecule has 0 aliphatic rings. The predicted molar refractivity (Wildman–Crippen MR) is 37.1 cm³/mol. The lowest BCUT2D eigenvalue weighted by atomic mass is 10.2. The van der Waals surface area contributed by atoms with E-state index in [4.69, 9.17) is 15.9 Å². The van der Waals surface area contributed by atoms with Crippen molar-refractivity contribution in [3.8, 4) is 0 Å². The van der Waals surface area contributed by atoms with Crippen LogP contribution in [0, 0.1) is 0 Å². The van der Waals surface area contributed by atoms with E-state index in [2.05, 4.69) is 0 Å². The van der Waals surface area contributed by atoms with Crippen molar-refractivity contribution in [1.29, 1.82) is 0 Å². The van der Waals surface area contributed by atoms with Crippen molar-refractivity contribution in [2.45, 2.75) is 25.3 Å². The lowest BCUT2D eigenvalue weighted by Crippen LogP contribution is -2.29. The number of rotatable bonds is 5. The second kappa shape index (κ2) is 4.68. The van der Waals surface area contributed by atoms with Crippen LogP contribution in [0.1, 0.15) is 19.3 Å². The minimum absolute atomic E-state index is 0.0268. The van der Waals surface area contributed by atoms with Crippen LogP contribution in [-0.4, -0.2) is 28.2 Å². The highest BCUT2D eigenvalue weighted by Gasteiger charge is 2.10. The van der Waals surface area contributed by atoms with Crippen LogP contribution in [0.25, 0.3) is 0 Å². The topological polar surface area (TPSA) is 101 Å². The van der Waals surface area contributed by atoms with Crippen LogP contribution in [0.4, 0.5) is 0 Å². The van der Waals surface area contributed by atoms with Crippen LogP contribution < -0.4 is 5.73 Å². The average molecular weight is 162 g/mol. The highest BCUT2D eigenvalue weighted by atomic mass is 16.5. The third-order valence-electron chi connectivity index (χ3n) is 1.22. The Balaban J connectivity index is 3.39. The Kier molecular flexibility index (Phi) is 4.21. The molecule has 4 N–H and O–H groups in total. The number of carboxylic acids is 2. The molecular formula is C6H11NO4. The Morgan fingerprint density at radius 1 is 1.36 bits per heavy atom. The normalized spacial score (nSPS) is 12.5. The van der Waals surface area contributed by atoms with Crippen LogP contribution in [0.3, 0.4) is 0 Å². The van der Waals surface area contributed by atoms with Crippen LogP contribution >= 0.6 is 0 Å². The van der Waals surface area contributed by atoms with Crippen LogP contribution in [0.15, 0.2) is 0 Å². The van der Waals surface area contributed by atoms with Crippen LogP contribution in [0.2, 0.25) is 0 Å². The molecule has 11 heavy (non-hydrogen) atoms. The molecule has 0 bridgehead atoms. The van der Waals surface area contributed by atoms with E-state index in [0.717, 1.165) is 0 Å². The highest BCUT2D eigenvalue weighted by molar-refractivity contribution is 5.73. The maximum Gasteiger partial charge on any atom is 0.320 e. The molecule has 0 rings (SSSR count). The molecule has 0 spiro atoms. The molecule has 0 aliphatic carbocycles. The zero-order chi connectivity index (χ0) is 8.85. The first-order chi connectivity index (χ1) is 5.04. The second-order valence-electron chi connectivity index (χ2n) is 2.23. The van der Waals surface area contributed by atoms with Crippen molar-refractivity contribution < 1.29 is 19.8 Å². The number of carboxylic acid groups (broad SMARTS) is 2. The van der Waals surface area contributed by atoms with Crippen molar-refractivity contribution >= 4 is 11.9 Å². The Morgan fingerprint density at radius 2 is 1.91 bits per heavy atom. The van der Waals surface area contributed by atoms with Gasteiger partial charge < -0.3 is 15.9 Å². The van der Waals surface area contributed by atoms with Gasteiger partial charge in [0, 0.05) is 6.42 Å². The minimum Gasteiger partial charge on any atom is -0.481 e. The van der Waals surface area contributed by atoms with Crippen LogP contribution in [0.5, 0.6) is 0 Å². The molecule has 5 heteroatoms. The summed E-state index contributed by atoms with van der Waals surface area (Å²) in [5, 5.41) is 16.5. The first-order valence-electron chi connectivity index (χ1n) is 3.24. The predicted octanol–water partition coefficient (Wildman–Crippen LogP) is -0.347. The summed E-state index contributed by atoms with van der Waals surface area (Å²) in [5.41, 5.74) is 5.11. The van der Waals surface area contributed by atoms with Gasteiger partial charge in [0.25, 0.3) is 0 Å². The summed E-state index contributed by atoms with van der Waals surface area (Å²) in [6.45, 7) is 0. The molecule has 0 saturated heterocycles. The van der Waals surface area contributed by atoms with E-state index in [1.807, 2.05) is 0 Å². The Bertz CT molecular complexity index is 157. The van der Waals surface area contributed by atoms with Gasteiger partial charge in [-0.25, -0.2) is 0 Å². The molecule has 0 aliphatic heterocycles. The van der Waals surface area contributed by atoms with Crippen molar-refractivity contribution in [1.82, 2.24) is 0 Å². The average Bonchev–Trinajstić information content (AvgIpc) is 1.86. The van der Waals surface area contributed by atoms with Gasteiger partial charge in [-0.3, -0.25) is 9.59 Å². The summed E-state index contributed by atoms with van der Waals surface area (Å²) in [5.74, 6) is -2.02. The molecule has 0 aromatic heterocycles. The zero-order valence-electron chi connectivity index (χ0n) is 5.99. The molecule has 64 valence electrons. The van der Waals surface area contributed by atoms with E-state index >= 15 is 0 Å². The van der Waals surface area contributed by atoms with Crippen molar-refractivity contribution in [3.63, 3.8) is 0 Å². The number of hydrogen-bond donors (Lipinski definition) is 3. The molecule has 0 saturated carbocycles. The van der Waals surface area contributed by atoms with Gasteiger partial charge in [0.2, 0.25) is 0 Å². The van der Waals surface area contributed by atoms with Gasteiger partial charge in [0.15, 0.2) is 0 Å². The van der Waals surface area contributed by atoms with Gasteiger partial charge in [0.1, 0.15) is 6.04 Å². The summed E-state index contributed by atoms with van der Waals surface area (Å²) in [7, 11) is 0. The lowest BCUT2D eigenvalue weighted by molar-refractivity contribution is -0.140. The van der Waals surface area contributed by atoms with Gasteiger partial charge >= 0.3 is 11.9 Å². The van der Waals surface area contributed by atoms with Gasteiger partial charge in [-0.1, -0.05) is 0 Å². The maximum atomic E-state index is 10.1. The molecule has 5 nitrogen and oxygen atoms in total. The van der Waals surface area contributed by atoms with Crippen molar-refractivity contribution in [3.05, 3.63) is 0 Å². The smallest absolute Gasteiger partial charge is 0.320 e. The Hall–Kier alpha value is -1.10. The van der Waals surface area contributed by atoms with E-state index in [-0.39, 0.29) is 12.8 Å². The Labute approximate surface area is 63.8 Å². The number of carbonyl (C=O) groups is 2. The molecular weight excluding hydrogens is 151 g/mol. The molecule has 0 heterocycles. The van der Waals surface area contributed by atoms with Gasteiger partial charge in [0.05, 0.1) is 0 Å². The van der Waals surface area contributed by atoms with Crippen molar-refractivity contribution in [2.24, 2.45) is 5.73 Å². The number of hydrogen-bond acceptors (Lipinski definition) is 3. The number of aliphatic carboxylic acids is 2. The monoisotopic (exact) mass is 162 g/mol. The third-order valence-corrected chi connectivity index (χ3v) is 1.22. The highest BCUT2D eigenvalue weighted by Crippen LogP contribution is 1.98. The quantitative estimate of drug-likeness (QED) is 0.480. The molecule has 0 fully saturated rings. The summed E-state index contributed by atoms with van der Waals surface area (Å²) < 4.78 is 0. The second-order valence-corrected chi connectivity index (χ2v) is 2.23. The molecule has 0 radical (unpaired) electrons. The number of nitrogens with two attached hydrogens (primary N) is 1. The fourth-order valence-electron chi connectivity index (χ4n) is 0.597. The standard InChI is InChI=1S/C6H11NO4/c7-4(6(10)11)2-1-3-5(8)9/h4H,1-3,7H2,(H,8,9)(H,10,11)/t4-/m0/s1/i6+1. The van der Waals surface area contributed by atoms with E-state index in [0.29, 0.717) is 6.42 Å². The maximum absolute atomic E-state index is 10.1. The summed E-state index contributed by atoms with van der Waals surface area (Å²) >= 11 is 0. The fourth-order valence-corrected chi connectivity index (χ4v) is 0.597. The largest absolute Gasteiger partial charge is 0.481 e. The summed E-state index contributed by atoms with van der Waals surface area (Å²) in [4.78, 5) is 20.1. The first kappa shape index (κ1) is 9.90. The van der Waals surface area contributed by atoms with E-state index in [1.54, 1.807) is 0 Å². The molecule has 0 amide bonds. The van der Waals surface area contributed by atoms with E-state index < -0.39 is 18.0 Å². The lowest BCUT2D eigenvalue weighted by Gasteiger charge is -2.02. The molecule has 0 aromatic carbocycles. The third kappa shape index (κ3) is 5.35. The van der Waals surface area contributed by atoms with Gasteiger partial charge in [-0.2, -0.15) is 0 Å². The van der Waals surface area contributed by atoms with Gasteiger partial charge in [-0.15, -0.1) is 0 Å². The first-order valence-corrected chi connectivity index (χ1v) is 3.24. The molecule has 1 atom stereocenters. The Morgan fingerprint density at radius 3 is 2.27 bits per heavy atom. The summed E-state index contributed by atoms with van der Waals surface area (Å²) in [6, 6.07) is -0.936. The van der Waals surface area contributed by atoms with Crippen molar-refractivity contribution in [2.75, 3.05) is 0 Å². The fraction of sp³-hybridized carbons (Fsp3) is 0.667. The molecule has 0 aromatic rings. The van der Waals surface area contributed by atoms with E-state index in [9.17, 15) is 9.59 Å². The molecule has 0 unspecified atom stereocenters. The van der Waals surface area contributed by atoms with Gasteiger partial charge in [-0.05, 0) is 12.8 Å².